The molecule has 0 radical (unpaired) electrons. The van der Waals surface area contributed by atoms with Gasteiger partial charge >= 0.3 is 0 Å². The van der Waals surface area contributed by atoms with Crippen molar-refractivity contribution in [2.75, 3.05) is 26.3 Å². The Hall–Kier alpha value is -2.01. The van der Waals surface area contributed by atoms with E-state index in [1.165, 1.54) is 12.0 Å². The van der Waals surface area contributed by atoms with Gasteiger partial charge in [-0.1, -0.05) is 30.3 Å². The maximum Gasteiger partial charge on any atom is 0.248 e. The highest BCUT2D eigenvalue weighted by molar-refractivity contribution is 5.83. The largest absolute Gasteiger partial charge is 0.361 e. The molecule has 1 aromatic rings. The first-order valence-corrected chi connectivity index (χ1v) is 7.58. The van der Waals surface area contributed by atoms with Crippen LogP contribution in [0.15, 0.2) is 42.4 Å². The third-order valence-corrected chi connectivity index (χ3v) is 4.57. The lowest BCUT2D eigenvalue weighted by molar-refractivity contribution is -0.126. The van der Waals surface area contributed by atoms with Gasteiger partial charge in [0.1, 0.15) is 5.82 Å². The van der Waals surface area contributed by atoms with Crippen LogP contribution in [0.2, 0.25) is 0 Å². The van der Waals surface area contributed by atoms with E-state index in [1.54, 1.807) is 0 Å². The van der Waals surface area contributed by atoms with E-state index in [2.05, 4.69) is 51.6 Å². The van der Waals surface area contributed by atoms with Crippen molar-refractivity contribution in [3.05, 3.63) is 47.9 Å². The molecule has 21 heavy (non-hydrogen) atoms. The van der Waals surface area contributed by atoms with Gasteiger partial charge in [-0.2, -0.15) is 0 Å². The lowest BCUT2D eigenvalue weighted by Crippen LogP contribution is -2.37. The highest BCUT2D eigenvalue weighted by Crippen LogP contribution is 2.25. The molecule has 4 rings (SSSR count). The Morgan fingerprint density at radius 3 is 2.90 bits per heavy atom. The summed E-state index contributed by atoms with van der Waals surface area (Å²) in [7, 11) is 0. The highest BCUT2D eigenvalue weighted by atomic mass is 16.2. The minimum absolute atomic E-state index is 0.183. The Labute approximate surface area is 124 Å². The zero-order chi connectivity index (χ0) is 14.2. The molecule has 3 heterocycles. The van der Waals surface area contributed by atoms with Crippen molar-refractivity contribution < 1.29 is 4.79 Å². The Morgan fingerprint density at radius 1 is 1.24 bits per heavy atom. The normalized spacial score (nSPS) is 25.2. The summed E-state index contributed by atoms with van der Waals surface area (Å²) in [6.07, 6.45) is 3.28. The number of likely N-dealkylation sites (tertiary alicyclic amines) is 1. The number of nitrogens with zero attached hydrogens (tertiary/aromatic N) is 3. The van der Waals surface area contributed by atoms with E-state index in [-0.39, 0.29) is 5.91 Å². The minimum Gasteiger partial charge on any atom is -0.361 e. The number of nitrogens with one attached hydrogen (secondary N) is 1. The van der Waals surface area contributed by atoms with Crippen LogP contribution in [0.4, 0.5) is 0 Å². The third-order valence-electron chi connectivity index (χ3n) is 4.57. The van der Waals surface area contributed by atoms with Crippen LogP contribution < -0.4 is 5.32 Å². The number of hydrogen-bond donors (Lipinski definition) is 1. The number of rotatable bonds is 3. The summed E-state index contributed by atoms with van der Waals surface area (Å²) < 4.78 is 0. The van der Waals surface area contributed by atoms with Gasteiger partial charge in [0, 0.05) is 31.9 Å². The second-order valence-electron chi connectivity index (χ2n) is 6.01. The van der Waals surface area contributed by atoms with Crippen LogP contribution in [-0.4, -0.2) is 53.0 Å². The molecule has 5 heteroatoms. The summed E-state index contributed by atoms with van der Waals surface area (Å²) in [4.78, 5) is 18.4. The maximum absolute atomic E-state index is 11.7. The predicted octanol–water partition coefficient (Wildman–Crippen LogP) is 0.765. The standard InChI is InChI=1S/C16H20N4O/c21-16-8-17-15-11-19(12-20(15)16)14-6-7-18(10-14)9-13-4-2-1-3-5-13/h1-5,11,14,17H,6-10,12H2. The molecule has 0 aliphatic carbocycles. The first kappa shape index (κ1) is 12.7. The Balaban J connectivity index is 1.37. The van der Waals surface area contributed by atoms with Crippen molar-refractivity contribution in [3.8, 4) is 0 Å². The van der Waals surface area contributed by atoms with Gasteiger partial charge in [0.15, 0.2) is 0 Å². The van der Waals surface area contributed by atoms with Crippen molar-refractivity contribution in [2.45, 2.75) is 19.0 Å². The summed E-state index contributed by atoms with van der Waals surface area (Å²) in [5.74, 6) is 1.16. The Kier molecular flexibility index (Phi) is 3.07. The van der Waals surface area contributed by atoms with Gasteiger partial charge in [0.25, 0.3) is 0 Å². The van der Waals surface area contributed by atoms with Crippen LogP contribution in [0.1, 0.15) is 12.0 Å². The molecule has 0 saturated carbocycles. The molecular formula is C16H20N4O. The Bertz CT molecular complexity index is 571. The number of amides is 1. The molecule has 0 bridgehead atoms. The van der Waals surface area contributed by atoms with E-state index in [0.29, 0.717) is 19.3 Å². The van der Waals surface area contributed by atoms with Crippen molar-refractivity contribution >= 4 is 5.91 Å². The molecule has 0 aromatic heterocycles. The van der Waals surface area contributed by atoms with Crippen molar-refractivity contribution in [1.82, 2.24) is 20.0 Å². The molecule has 1 amide bonds. The fourth-order valence-corrected chi connectivity index (χ4v) is 3.41. The molecule has 3 aliphatic rings. The van der Waals surface area contributed by atoms with Crippen LogP contribution in [0, 0.1) is 0 Å². The molecule has 1 unspecified atom stereocenters. The molecule has 1 N–H and O–H groups in total. The van der Waals surface area contributed by atoms with E-state index in [4.69, 9.17) is 0 Å². The Morgan fingerprint density at radius 2 is 2.10 bits per heavy atom. The summed E-state index contributed by atoms with van der Waals surface area (Å²) in [5.41, 5.74) is 1.37. The van der Waals surface area contributed by atoms with Crippen molar-refractivity contribution in [2.24, 2.45) is 0 Å². The molecule has 2 saturated heterocycles. The van der Waals surface area contributed by atoms with Crippen molar-refractivity contribution in [3.63, 3.8) is 0 Å². The number of hydrogen-bond acceptors (Lipinski definition) is 4. The van der Waals surface area contributed by atoms with Gasteiger partial charge in [-0.25, -0.2) is 0 Å². The van der Waals surface area contributed by atoms with Gasteiger partial charge in [0.05, 0.1) is 13.2 Å². The van der Waals surface area contributed by atoms with Gasteiger partial charge < -0.3 is 10.2 Å². The summed E-state index contributed by atoms with van der Waals surface area (Å²) in [6, 6.07) is 11.1. The predicted molar refractivity (Wildman–Crippen MR) is 79.8 cm³/mol. The zero-order valence-electron chi connectivity index (χ0n) is 12.0. The maximum atomic E-state index is 11.7. The fraction of sp³-hybridized carbons (Fsp3) is 0.438. The lowest BCUT2D eigenvalue weighted by atomic mass is 10.2. The highest BCUT2D eigenvalue weighted by Gasteiger charge is 2.36. The SMILES string of the molecule is O=C1CNC2=CN(C3CCN(Cc4ccccc4)C3)CN12. The monoisotopic (exact) mass is 284 g/mol. The molecule has 110 valence electrons. The molecule has 1 aromatic carbocycles. The van der Waals surface area contributed by atoms with E-state index in [1.807, 2.05) is 4.90 Å². The molecule has 3 aliphatic heterocycles. The molecular weight excluding hydrogens is 264 g/mol. The summed E-state index contributed by atoms with van der Waals surface area (Å²) in [6.45, 7) is 4.37. The topological polar surface area (TPSA) is 38.8 Å². The number of benzene rings is 1. The van der Waals surface area contributed by atoms with Crippen LogP contribution in [0.3, 0.4) is 0 Å². The zero-order valence-corrected chi connectivity index (χ0v) is 12.0. The summed E-state index contributed by atoms with van der Waals surface area (Å²) in [5, 5.41) is 3.16. The average molecular weight is 284 g/mol. The van der Waals surface area contributed by atoms with E-state index in [9.17, 15) is 4.79 Å². The van der Waals surface area contributed by atoms with Gasteiger partial charge in [-0.3, -0.25) is 14.6 Å². The molecule has 2 fully saturated rings. The molecule has 0 spiro atoms. The number of carbonyl (C=O) groups is 1. The van der Waals surface area contributed by atoms with E-state index < -0.39 is 0 Å². The van der Waals surface area contributed by atoms with E-state index >= 15 is 0 Å². The fourth-order valence-electron chi connectivity index (χ4n) is 3.41. The lowest BCUT2D eigenvalue weighted by Gasteiger charge is -2.25. The third kappa shape index (κ3) is 2.38. The quantitative estimate of drug-likeness (QED) is 0.890. The smallest absolute Gasteiger partial charge is 0.248 e. The number of carbonyl (C=O) groups excluding carboxylic acids is 1. The van der Waals surface area contributed by atoms with Gasteiger partial charge in [-0.15, -0.1) is 0 Å². The second-order valence-corrected chi connectivity index (χ2v) is 6.01. The van der Waals surface area contributed by atoms with E-state index in [0.717, 1.165) is 25.5 Å². The van der Waals surface area contributed by atoms with Crippen molar-refractivity contribution in [1.29, 1.82) is 0 Å². The molecule has 1 atom stereocenters. The van der Waals surface area contributed by atoms with Crippen LogP contribution in [0.5, 0.6) is 0 Å². The van der Waals surface area contributed by atoms with Gasteiger partial charge in [-0.05, 0) is 12.0 Å². The minimum atomic E-state index is 0.183. The average Bonchev–Trinajstić information content (AvgIpc) is 3.18. The van der Waals surface area contributed by atoms with Gasteiger partial charge in [0.2, 0.25) is 5.91 Å². The molecule has 5 nitrogen and oxygen atoms in total. The first-order valence-electron chi connectivity index (χ1n) is 7.58. The van der Waals surface area contributed by atoms with Crippen LogP contribution >= 0.6 is 0 Å². The van der Waals surface area contributed by atoms with Crippen LogP contribution in [-0.2, 0) is 11.3 Å². The van der Waals surface area contributed by atoms with Crippen LogP contribution in [0.25, 0.3) is 0 Å². The number of fused-ring (bicyclic) bond motifs is 1. The second kappa shape index (κ2) is 5.07. The first-order chi connectivity index (χ1) is 10.3. The summed E-state index contributed by atoms with van der Waals surface area (Å²) >= 11 is 0.